The van der Waals surface area contributed by atoms with E-state index in [4.69, 9.17) is 16.3 Å². The Morgan fingerprint density at radius 2 is 1.80 bits per heavy atom. The minimum absolute atomic E-state index is 0.0226. The highest BCUT2D eigenvalue weighted by molar-refractivity contribution is 6.32. The maximum atomic E-state index is 13.2. The summed E-state index contributed by atoms with van der Waals surface area (Å²) in [6, 6.07) is 12.8. The van der Waals surface area contributed by atoms with E-state index in [0.29, 0.717) is 34.2 Å². The van der Waals surface area contributed by atoms with Gasteiger partial charge in [-0.2, -0.15) is 5.26 Å². The van der Waals surface area contributed by atoms with E-state index in [1.165, 1.54) is 0 Å². The zero-order valence-corrected chi connectivity index (χ0v) is 18.5. The molecule has 2 aromatic rings. The largest absolute Gasteiger partial charge is 0.454 e. The molecule has 156 valence electrons. The Kier molecular flexibility index (Phi) is 5.04. The van der Waals surface area contributed by atoms with E-state index in [1.54, 1.807) is 24.3 Å². The Morgan fingerprint density at radius 1 is 1.13 bits per heavy atom. The predicted octanol–water partition coefficient (Wildman–Crippen LogP) is 5.27. The van der Waals surface area contributed by atoms with Crippen LogP contribution in [0.25, 0.3) is 0 Å². The summed E-state index contributed by atoms with van der Waals surface area (Å²) in [6.45, 7) is 9.28. The highest BCUT2D eigenvalue weighted by Crippen LogP contribution is 2.40. The lowest BCUT2D eigenvalue weighted by molar-refractivity contribution is 0.0467. The summed E-state index contributed by atoms with van der Waals surface area (Å²) in [7, 11) is 0. The zero-order chi connectivity index (χ0) is 21.7. The van der Waals surface area contributed by atoms with Crippen LogP contribution in [0.1, 0.15) is 62.0 Å². The second-order valence-electron chi connectivity index (χ2n) is 9.54. The van der Waals surface area contributed by atoms with E-state index in [-0.39, 0.29) is 23.0 Å². The van der Waals surface area contributed by atoms with Gasteiger partial charge in [0.1, 0.15) is 17.6 Å². The van der Waals surface area contributed by atoms with Crippen LogP contribution in [0.3, 0.4) is 0 Å². The molecule has 0 radical (unpaired) electrons. The van der Waals surface area contributed by atoms with Crippen molar-refractivity contribution in [3.63, 3.8) is 0 Å². The van der Waals surface area contributed by atoms with Gasteiger partial charge in [0.25, 0.3) is 5.91 Å². The Morgan fingerprint density at radius 3 is 2.47 bits per heavy atom. The van der Waals surface area contributed by atoms with Crippen molar-refractivity contribution in [1.82, 2.24) is 10.2 Å². The molecule has 0 saturated carbocycles. The van der Waals surface area contributed by atoms with E-state index < -0.39 is 0 Å². The van der Waals surface area contributed by atoms with Gasteiger partial charge in [-0.05, 0) is 70.4 Å². The van der Waals surface area contributed by atoms with Gasteiger partial charge in [-0.1, -0.05) is 23.7 Å². The fourth-order valence-corrected chi connectivity index (χ4v) is 5.17. The number of benzene rings is 2. The molecule has 2 heterocycles. The molecule has 1 fully saturated rings. The molecule has 0 spiro atoms. The minimum atomic E-state index is -0.0472. The van der Waals surface area contributed by atoms with Crippen molar-refractivity contribution in [3.05, 3.63) is 58.1 Å². The highest BCUT2D eigenvalue weighted by Gasteiger charge is 2.43. The first-order valence-electron chi connectivity index (χ1n) is 10.2. The van der Waals surface area contributed by atoms with Crippen molar-refractivity contribution in [2.45, 2.75) is 64.2 Å². The minimum Gasteiger partial charge on any atom is -0.454 e. The zero-order valence-electron chi connectivity index (χ0n) is 17.8. The van der Waals surface area contributed by atoms with Crippen LogP contribution in [0.15, 0.2) is 36.4 Å². The van der Waals surface area contributed by atoms with E-state index in [2.05, 4.69) is 39.1 Å². The van der Waals surface area contributed by atoms with Gasteiger partial charge in [0.15, 0.2) is 0 Å². The summed E-state index contributed by atoms with van der Waals surface area (Å²) in [4.78, 5) is 15.2. The molecule has 0 atom stereocenters. The van der Waals surface area contributed by atoms with E-state index >= 15 is 0 Å². The fourth-order valence-electron chi connectivity index (χ4n) is 4.96. The quantitative estimate of drug-likeness (QED) is 0.730. The number of amides is 1. The number of nitrogens with zero attached hydrogens (tertiary/aromatic N) is 2. The number of fused-ring (bicyclic) bond motifs is 1. The average Bonchev–Trinajstić information content (AvgIpc) is 2.96. The van der Waals surface area contributed by atoms with E-state index in [0.717, 1.165) is 18.4 Å². The lowest BCUT2D eigenvalue weighted by atomic mass is 9.79. The van der Waals surface area contributed by atoms with Gasteiger partial charge in [-0.15, -0.1) is 0 Å². The normalized spacial score (nSPS) is 20.0. The molecule has 4 rings (SSSR count). The second-order valence-corrected chi connectivity index (χ2v) is 9.94. The number of nitriles is 1. The predicted molar refractivity (Wildman–Crippen MR) is 117 cm³/mol. The van der Waals surface area contributed by atoms with Gasteiger partial charge >= 0.3 is 0 Å². The number of rotatable bonds is 3. The summed E-state index contributed by atoms with van der Waals surface area (Å²) in [5.41, 5.74) is 1.88. The molecule has 6 heteroatoms. The van der Waals surface area contributed by atoms with Crippen molar-refractivity contribution in [2.75, 3.05) is 0 Å². The van der Waals surface area contributed by atoms with Gasteiger partial charge in [0, 0.05) is 29.2 Å². The number of carbonyl (C=O) groups is 1. The standard InChI is InChI=1S/C24H26ClN3O2/c1-23(2)11-17(12-24(3,4)27-23)28-14-16-9-21(19(25)10-18(16)22(28)29)30-20-8-6-5-7-15(20)13-26/h5-10,17,27H,11-12,14H2,1-4H3. The lowest BCUT2D eigenvalue weighted by Gasteiger charge is -2.48. The van der Waals surface area contributed by atoms with Gasteiger partial charge < -0.3 is 15.0 Å². The molecule has 30 heavy (non-hydrogen) atoms. The summed E-state index contributed by atoms with van der Waals surface area (Å²) in [5.74, 6) is 0.929. The van der Waals surface area contributed by atoms with Crippen molar-refractivity contribution in [2.24, 2.45) is 0 Å². The molecule has 0 unspecified atom stereocenters. The number of ether oxygens (including phenoxy) is 1. The first-order valence-corrected chi connectivity index (χ1v) is 10.6. The Labute approximate surface area is 182 Å². The van der Waals surface area contributed by atoms with Gasteiger partial charge in [-0.25, -0.2) is 0 Å². The number of halogens is 1. The highest BCUT2D eigenvalue weighted by atomic mass is 35.5. The van der Waals surface area contributed by atoms with Crippen LogP contribution in [-0.4, -0.2) is 27.9 Å². The summed E-state index contributed by atoms with van der Waals surface area (Å²) in [6.07, 6.45) is 1.78. The van der Waals surface area contributed by atoms with Gasteiger partial charge in [0.2, 0.25) is 0 Å². The molecule has 0 aliphatic carbocycles. The lowest BCUT2D eigenvalue weighted by Crippen LogP contribution is -2.62. The van der Waals surface area contributed by atoms with Crippen LogP contribution in [0.2, 0.25) is 5.02 Å². The van der Waals surface area contributed by atoms with E-state index in [9.17, 15) is 10.1 Å². The smallest absolute Gasteiger partial charge is 0.254 e. The van der Waals surface area contributed by atoms with Crippen LogP contribution < -0.4 is 10.1 Å². The third-order valence-electron chi connectivity index (χ3n) is 5.83. The molecule has 0 aromatic heterocycles. The van der Waals surface area contributed by atoms with Crippen LogP contribution in [0.5, 0.6) is 11.5 Å². The van der Waals surface area contributed by atoms with Crippen molar-refractivity contribution in [1.29, 1.82) is 5.26 Å². The van der Waals surface area contributed by atoms with E-state index in [1.807, 2.05) is 17.0 Å². The average molecular weight is 424 g/mol. The topological polar surface area (TPSA) is 65.4 Å². The molecule has 2 aromatic carbocycles. The maximum absolute atomic E-state index is 13.2. The Hall–Kier alpha value is -2.55. The SMILES string of the molecule is CC1(C)CC(N2Cc3cc(Oc4ccccc4C#N)c(Cl)cc3C2=O)CC(C)(C)N1. The summed E-state index contributed by atoms with van der Waals surface area (Å²) >= 11 is 6.45. The fraction of sp³-hybridized carbons (Fsp3) is 0.417. The summed E-state index contributed by atoms with van der Waals surface area (Å²) < 4.78 is 5.94. The Balaban J connectivity index is 1.62. The molecule has 2 aliphatic rings. The number of hydrogen-bond donors (Lipinski definition) is 1. The summed E-state index contributed by atoms with van der Waals surface area (Å²) in [5, 5.41) is 13.3. The first-order chi connectivity index (χ1) is 14.1. The van der Waals surface area contributed by atoms with Crippen LogP contribution in [0.4, 0.5) is 0 Å². The molecule has 2 aliphatic heterocycles. The molecule has 1 N–H and O–H groups in total. The number of hydrogen-bond acceptors (Lipinski definition) is 4. The third-order valence-corrected chi connectivity index (χ3v) is 6.12. The molecule has 5 nitrogen and oxygen atoms in total. The number of piperidine rings is 1. The maximum Gasteiger partial charge on any atom is 0.254 e. The van der Waals surface area contributed by atoms with Crippen molar-refractivity contribution >= 4 is 17.5 Å². The van der Waals surface area contributed by atoms with Crippen LogP contribution in [-0.2, 0) is 6.54 Å². The van der Waals surface area contributed by atoms with Crippen molar-refractivity contribution in [3.8, 4) is 17.6 Å². The third kappa shape index (κ3) is 3.90. The number of nitrogens with one attached hydrogen (secondary N) is 1. The molecule has 1 saturated heterocycles. The number of para-hydroxylation sites is 1. The molecular formula is C24H26ClN3O2. The van der Waals surface area contributed by atoms with Gasteiger partial charge in [0.05, 0.1) is 10.6 Å². The van der Waals surface area contributed by atoms with Crippen LogP contribution >= 0.6 is 11.6 Å². The molecule has 1 amide bonds. The molecular weight excluding hydrogens is 398 g/mol. The monoisotopic (exact) mass is 423 g/mol. The van der Waals surface area contributed by atoms with Gasteiger partial charge in [-0.3, -0.25) is 4.79 Å². The Bertz CT molecular complexity index is 1040. The second kappa shape index (κ2) is 7.30. The van der Waals surface area contributed by atoms with Crippen LogP contribution in [0, 0.1) is 11.3 Å². The first kappa shape index (κ1) is 20.7. The molecule has 0 bridgehead atoms. The number of carbonyl (C=O) groups excluding carboxylic acids is 1. The van der Waals surface area contributed by atoms with Crippen molar-refractivity contribution < 1.29 is 9.53 Å².